The van der Waals surface area contributed by atoms with Gasteiger partial charge in [0.15, 0.2) is 0 Å². The topological polar surface area (TPSA) is 32.3 Å². The summed E-state index contributed by atoms with van der Waals surface area (Å²) in [6.45, 7) is 0. The van der Waals surface area contributed by atoms with Crippen molar-refractivity contribution in [1.82, 2.24) is 0 Å². The van der Waals surface area contributed by atoms with Crippen molar-refractivity contribution in [3.8, 4) is 5.75 Å². The number of nitrogens with one attached hydrogen (secondary N) is 1. The van der Waals surface area contributed by atoms with Crippen molar-refractivity contribution < 1.29 is 18.3 Å². The first-order valence-corrected chi connectivity index (χ1v) is 4.12. The molecule has 1 aromatic rings. The van der Waals surface area contributed by atoms with Crippen LogP contribution in [0.5, 0.6) is 5.75 Å². The molecule has 1 atom stereocenters. The quantitative estimate of drug-likeness (QED) is 0.678. The predicted octanol–water partition coefficient (Wildman–Crippen LogP) is 2.29. The second-order valence-electron chi connectivity index (χ2n) is 3.28. The highest BCUT2D eigenvalue weighted by molar-refractivity contribution is 5.60. The van der Waals surface area contributed by atoms with Gasteiger partial charge < -0.3 is 10.4 Å². The number of aromatic hydroxyl groups is 1. The normalized spacial score (nSPS) is 20.4. The number of fused-ring (bicyclic) bond motifs is 1. The van der Waals surface area contributed by atoms with Crippen molar-refractivity contribution in [2.75, 3.05) is 5.32 Å². The fraction of sp³-hybridized carbons (Fsp3) is 0.333. The summed E-state index contributed by atoms with van der Waals surface area (Å²) in [4.78, 5) is 0. The van der Waals surface area contributed by atoms with E-state index in [2.05, 4.69) is 5.32 Å². The third-order valence-corrected chi connectivity index (χ3v) is 2.24. The molecule has 0 spiro atoms. The van der Waals surface area contributed by atoms with Gasteiger partial charge in [0, 0.05) is 18.2 Å². The zero-order valence-electron chi connectivity index (χ0n) is 7.10. The fourth-order valence-corrected chi connectivity index (χ4v) is 1.53. The molecule has 2 N–H and O–H groups in total. The molecule has 0 aliphatic carbocycles. The molecular weight excluding hydrogens is 195 g/mol. The third kappa shape index (κ3) is 1.49. The van der Waals surface area contributed by atoms with Crippen molar-refractivity contribution in [2.24, 2.45) is 0 Å². The Bertz CT molecular complexity index is 362. The number of anilines is 1. The van der Waals surface area contributed by atoms with Crippen molar-refractivity contribution in [3.63, 3.8) is 0 Å². The molecule has 0 saturated heterocycles. The van der Waals surface area contributed by atoms with Gasteiger partial charge in [0.1, 0.15) is 11.8 Å². The third-order valence-electron chi connectivity index (χ3n) is 2.24. The Labute approximate surface area is 78.4 Å². The van der Waals surface area contributed by atoms with E-state index in [0.717, 1.165) is 0 Å². The largest absolute Gasteiger partial charge is 0.508 e. The Hall–Kier alpha value is -1.39. The molecule has 5 heteroatoms. The molecule has 0 bridgehead atoms. The SMILES string of the molecule is Oc1ccc2c(c1)N[C@H](C(F)(F)F)C2. The van der Waals surface area contributed by atoms with Crippen molar-refractivity contribution >= 4 is 5.69 Å². The smallest absolute Gasteiger partial charge is 0.408 e. The van der Waals surface area contributed by atoms with E-state index in [-0.39, 0.29) is 12.2 Å². The van der Waals surface area contributed by atoms with E-state index in [1.807, 2.05) is 0 Å². The molecule has 0 amide bonds. The lowest BCUT2D eigenvalue weighted by Gasteiger charge is -2.14. The molecule has 0 radical (unpaired) electrons. The number of benzene rings is 1. The summed E-state index contributed by atoms with van der Waals surface area (Å²) in [5.74, 6) is -0.0286. The Morgan fingerprint density at radius 2 is 2.07 bits per heavy atom. The number of rotatable bonds is 0. The van der Waals surface area contributed by atoms with E-state index < -0.39 is 12.2 Å². The van der Waals surface area contributed by atoms with Crippen molar-refractivity contribution in [2.45, 2.75) is 18.6 Å². The standard InChI is InChI=1S/C9H8F3NO/c10-9(11,12)8-3-5-1-2-6(14)4-7(5)13-8/h1-2,4,8,13-14H,3H2/t8-/m0/s1. The lowest BCUT2D eigenvalue weighted by atomic mass is 10.1. The maximum Gasteiger partial charge on any atom is 0.408 e. The van der Waals surface area contributed by atoms with Crippen LogP contribution in [-0.2, 0) is 6.42 Å². The average molecular weight is 203 g/mol. The van der Waals surface area contributed by atoms with E-state index in [9.17, 15) is 13.2 Å². The zero-order chi connectivity index (χ0) is 10.3. The molecule has 0 aromatic heterocycles. The second kappa shape index (κ2) is 2.80. The van der Waals surface area contributed by atoms with Gasteiger partial charge in [-0.3, -0.25) is 0 Å². The van der Waals surface area contributed by atoms with Crippen LogP contribution in [0, 0.1) is 0 Å². The molecule has 0 saturated carbocycles. The predicted molar refractivity (Wildman–Crippen MR) is 45.3 cm³/mol. The summed E-state index contributed by atoms with van der Waals surface area (Å²) in [6, 6.07) is 2.67. The average Bonchev–Trinajstić information content (AvgIpc) is 2.45. The van der Waals surface area contributed by atoms with Crippen LogP contribution < -0.4 is 5.32 Å². The number of alkyl halides is 3. The van der Waals surface area contributed by atoms with Gasteiger partial charge in [0.05, 0.1) is 0 Å². The van der Waals surface area contributed by atoms with Crippen LogP contribution in [-0.4, -0.2) is 17.3 Å². The second-order valence-corrected chi connectivity index (χ2v) is 3.28. The highest BCUT2D eigenvalue weighted by Crippen LogP contribution is 2.35. The Morgan fingerprint density at radius 3 is 2.71 bits per heavy atom. The Morgan fingerprint density at radius 1 is 1.36 bits per heavy atom. The summed E-state index contributed by atoms with van der Waals surface area (Å²) in [5.41, 5.74) is 0.956. The van der Waals surface area contributed by atoms with Crippen LogP contribution in [0.4, 0.5) is 18.9 Å². The Kier molecular flexibility index (Phi) is 1.83. The van der Waals surface area contributed by atoms with Crippen LogP contribution in [0.3, 0.4) is 0 Å². The number of hydrogen-bond acceptors (Lipinski definition) is 2. The molecule has 0 unspecified atom stereocenters. The van der Waals surface area contributed by atoms with Crippen LogP contribution in [0.1, 0.15) is 5.56 Å². The van der Waals surface area contributed by atoms with Crippen LogP contribution >= 0.6 is 0 Å². The van der Waals surface area contributed by atoms with Crippen LogP contribution in [0.2, 0.25) is 0 Å². The molecule has 14 heavy (non-hydrogen) atoms. The zero-order valence-corrected chi connectivity index (χ0v) is 7.10. The lowest BCUT2D eigenvalue weighted by Crippen LogP contribution is -2.34. The van der Waals surface area contributed by atoms with Gasteiger partial charge >= 0.3 is 6.18 Å². The summed E-state index contributed by atoms with van der Waals surface area (Å²) in [7, 11) is 0. The molecule has 1 aromatic carbocycles. The molecule has 1 heterocycles. The summed E-state index contributed by atoms with van der Waals surface area (Å²) in [6.07, 6.45) is -4.31. The van der Waals surface area contributed by atoms with E-state index in [0.29, 0.717) is 11.3 Å². The van der Waals surface area contributed by atoms with Crippen molar-refractivity contribution in [3.05, 3.63) is 23.8 Å². The molecule has 2 nitrogen and oxygen atoms in total. The van der Waals surface area contributed by atoms with Gasteiger partial charge in [-0.15, -0.1) is 0 Å². The van der Waals surface area contributed by atoms with Gasteiger partial charge in [0.2, 0.25) is 0 Å². The number of phenolic OH excluding ortho intramolecular Hbond substituents is 1. The van der Waals surface area contributed by atoms with E-state index in [4.69, 9.17) is 5.11 Å². The molecule has 0 fully saturated rings. The number of hydrogen-bond donors (Lipinski definition) is 2. The van der Waals surface area contributed by atoms with Gasteiger partial charge in [-0.1, -0.05) is 6.07 Å². The summed E-state index contributed by atoms with van der Waals surface area (Å²) >= 11 is 0. The molecule has 1 aliphatic rings. The monoisotopic (exact) mass is 203 g/mol. The maximum absolute atomic E-state index is 12.3. The van der Waals surface area contributed by atoms with Gasteiger partial charge in [-0.05, 0) is 11.6 Å². The summed E-state index contributed by atoms with van der Waals surface area (Å²) in [5, 5.41) is 11.4. The molecule has 1 aliphatic heterocycles. The first-order chi connectivity index (χ1) is 6.47. The minimum Gasteiger partial charge on any atom is -0.508 e. The fourth-order valence-electron chi connectivity index (χ4n) is 1.53. The number of phenols is 1. The first-order valence-electron chi connectivity index (χ1n) is 4.12. The van der Waals surface area contributed by atoms with E-state index >= 15 is 0 Å². The van der Waals surface area contributed by atoms with Crippen LogP contribution in [0.15, 0.2) is 18.2 Å². The highest BCUT2D eigenvalue weighted by Gasteiger charge is 2.42. The molecule has 76 valence electrons. The first kappa shape index (κ1) is 9.18. The highest BCUT2D eigenvalue weighted by atomic mass is 19.4. The number of halogens is 3. The summed E-state index contributed by atoms with van der Waals surface area (Å²) < 4.78 is 36.9. The minimum atomic E-state index is -4.24. The Balaban J connectivity index is 2.26. The van der Waals surface area contributed by atoms with Crippen molar-refractivity contribution in [1.29, 1.82) is 0 Å². The van der Waals surface area contributed by atoms with Gasteiger partial charge in [-0.2, -0.15) is 13.2 Å². The minimum absolute atomic E-state index is 0.0286. The lowest BCUT2D eigenvalue weighted by molar-refractivity contribution is -0.140. The molecule has 2 rings (SSSR count). The van der Waals surface area contributed by atoms with Gasteiger partial charge in [0.25, 0.3) is 0 Å². The molecular formula is C9H8F3NO. The van der Waals surface area contributed by atoms with Crippen LogP contribution in [0.25, 0.3) is 0 Å². The maximum atomic E-state index is 12.3. The van der Waals surface area contributed by atoms with E-state index in [1.54, 1.807) is 0 Å². The van der Waals surface area contributed by atoms with E-state index in [1.165, 1.54) is 18.2 Å². The van der Waals surface area contributed by atoms with Gasteiger partial charge in [-0.25, -0.2) is 0 Å².